The van der Waals surface area contributed by atoms with Crippen LogP contribution in [0.5, 0.6) is 0 Å². The second kappa shape index (κ2) is 5.40. The summed E-state index contributed by atoms with van der Waals surface area (Å²) in [6.45, 7) is 6.96. The van der Waals surface area contributed by atoms with Crippen molar-refractivity contribution in [3.05, 3.63) is 0 Å². The van der Waals surface area contributed by atoms with Gasteiger partial charge in [0, 0.05) is 0 Å². The molecule has 0 spiro atoms. The predicted molar refractivity (Wildman–Crippen MR) is 70.6 cm³/mol. The summed E-state index contributed by atoms with van der Waals surface area (Å²) < 4.78 is 0. The van der Waals surface area contributed by atoms with Crippen LogP contribution in [0.4, 0.5) is 0 Å². The Morgan fingerprint density at radius 1 is 1.06 bits per heavy atom. The highest BCUT2D eigenvalue weighted by Gasteiger charge is 2.42. The fraction of sp³-hybridized carbons (Fsp3) is 0.933. The number of nitrogens with zero attached hydrogens (tertiary/aromatic N) is 2. The first-order valence-corrected chi connectivity index (χ1v) is 7.34. The van der Waals surface area contributed by atoms with Gasteiger partial charge in [-0.3, -0.25) is 4.90 Å². The second-order valence-electron chi connectivity index (χ2n) is 6.24. The molecule has 0 aromatic heterocycles. The molecule has 1 aliphatic heterocycles. The molecule has 0 aromatic carbocycles. The van der Waals surface area contributed by atoms with Gasteiger partial charge in [0.25, 0.3) is 0 Å². The Hall–Kier alpha value is -0.550. The minimum atomic E-state index is -0.129. The van der Waals surface area contributed by atoms with E-state index in [-0.39, 0.29) is 5.54 Å². The highest BCUT2D eigenvalue weighted by molar-refractivity contribution is 5.11. The Bertz CT molecular complexity index is 286. The lowest BCUT2D eigenvalue weighted by atomic mass is 9.71. The molecule has 17 heavy (non-hydrogen) atoms. The number of likely N-dealkylation sites (tertiary alicyclic amines) is 1. The van der Waals surface area contributed by atoms with E-state index in [1.54, 1.807) is 0 Å². The van der Waals surface area contributed by atoms with Crippen LogP contribution in [0, 0.1) is 23.2 Å². The third-order valence-corrected chi connectivity index (χ3v) is 5.06. The first-order chi connectivity index (χ1) is 8.18. The Morgan fingerprint density at radius 3 is 2.24 bits per heavy atom. The molecule has 3 unspecified atom stereocenters. The largest absolute Gasteiger partial charge is 0.286 e. The van der Waals surface area contributed by atoms with Crippen LogP contribution in [-0.2, 0) is 0 Å². The lowest BCUT2D eigenvalue weighted by Gasteiger charge is -2.45. The van der Waals surface area contributed by atoms with E-state index >= 15 is 0 Å². The molecule has 96 valence electrons. The maximum Gasteiger partial charge on any atom is 0.109 e. The first-order valence-electron chi connectivity index (χ1n) is 7.34. The van der Waals surface area contributed by atoms with Crippen molar-refractivity contribution >= 4 is 0 Å². The third kappa shape index (κ3) is 2.65. The highest BCUT2D eigenvalue weighted by Crippen LogP contribution is 2.40. The first kappa shape index (κ1) is 12.9. The van der Waals surface area contributed by atoms with E-state index in [0.717, 1.165) is 31.8 Å². The summed E-state index contributed by atoms with van der Waals surface area (Å²) in [6.07, 6.45) is 8.68. The van der Waals surface area contributed by atoms with E-state index in [0.29, 0.717) is 5.92 Å². The average Bonchev–Trinajstić information content (AvgIpc) is 2.62. The number of rotatable bonds is 1. The molecule has 1 heterocycles. The highest BCUT2D eigenvalue weighted by atomic mass is 15.2. The normalized spacial score (nSPS) is 40.5. The molecule has 1 aliphatic carbocycles. The molecule has 2 rings (SSSR count). The van der Waals surface area contributed by atoms with E-state index in [2.05, 4.69) is 24.8 Å². The van der Waals surface area contributed by atoms with Crippen LogP contribution >= 0.6 is 0 Å². The molecule has 2 heteroatoms. The van der Waals surface area contributed by atoms with Crippen LogP contribution in [0.15, 0.2) is 0 Å². The van der Waals surface area contributed by atoms with Crippen LogP contribution in [0.25, 0.3) is 0 Å². The van der Waals surface area contributed by atoms with Crippen LogP contribution in [0.3, 0.4) is 0 Å². The second-order valence-corrected chi connectivity index (χ2v) is 6.24. The van der Waals surface area contributed by atoms with Crippen molar-refractivity contribution in [1.82, 2.24) is 4.90 Å². The lowest BCUT2D eigenvalue weighted by molar-refractivity contribution is 0.0596. The van der Waals surface area contributed by atoms with Gasteiger partial charge in [-0.15, -0.1) is 0 Å². The maximum atomic E-state index is 9.70. The zero-order chi connectivity index (χ0) is 12.3. The van der Waals surface area contributed by atoms with Crippen LogP contribution < -0.4 is 0 Å². The van der Waals surface area contributed by atoms with Gasteiger partial charge >= 0.3 is 0 Å². The summed E-state index contributed by atoms with van der Waals surface area (Å²) in [7, 11) is 0. The molecule has 1 saturated heterocycles. The van der Waals surface area contributed by atoms with Gasteiger partial charge in [-0.05, 0) is 57.0 Å². The van der Waals surface area contributed by atoms with E-state index in [1.807, 2.05) is 0 Å². The van der Waals surface area contributed by atoms with Crippen molar-refractivity contribution in [1.29, 1.82) is 5.26 Å². The van der Waals surface area contributed by atoms with Gasteiger partial charge in [-0.1, -0.05) is 26.7 Å². The molecular formula is C15H26N2. The third-order valence-electron chi connectivity index (χ3n) is 5.06. The molecule has 2 nitrogen and oxygen atoms in total. The van der Waals surface area contributed by atoms with Gasteiger partial charge in [0.05, 0.1) is 6.07 Å². The molecule has 0 amide bonds. The molecule has 2 aliphatic rings. The summed E-state index contributed by atoms with van der Waals surface area (Å²) in [4.78, 5) is 2.52. The standard InChI is InChI=1S/C15H26N2/c1-13-7-8-15(12-16,11-14(13)2)17-9-5-3-4-6-10-17/h13-14H,3-11H2,1-2H3. The average molecular weight is 234 g/mol. The summed E-state index contributed by atoms with van der Waals surface area (Å²) in [5.74, 6) is 1.50. The van der Waals surface area contributed by atoms with Crippen molar-refractivity contribution in [2.45, 2.75) is 64.3 Å². The molecule has 3 atom stereocenters. The summed E-state index contributed by atoms with van der Waals surface area (Å²) >= 11 is 0. The molecule has 0 aromatic rings. The van der Waals surface area contributed by atoms with E-state index in [1.165, 1.54) is 32.1 Å². The number of hydrogen-bond donors (Lipinski definition) is 0. The van der Waals surface area contributed by atoms with E-state index in [9.17, 15) is 5.26 Å². The summed E-state index contributed by atoms with van der Waals surface area (Å²) in [6, 6.07) is 2.69. The molecule has 0 N–H and O–H groups in total. The fourth-order valence-electron chi connectivity index (χ4n) is 3.55. The fourth-order valence-corrected chi connectivity index (χ4v) is 3.55. The van der Waals surface area contributed by atoms with Crippen molar-refractivity contribution in [3.63, 3.8) is 0 Å². The van der Waals surface area contributed by atoms with Crippen LogP contribution in [-0.4, -0.2) is 23.5 Å². The van der Waals surface area contributed by atoms with E-state index in [4.69, 9.17) is 0 Å². The molecule has 2 fully saturated rings. The maximum absolute atomic E-state index is 9.70. The molecule has 1 saturated carbocycles. The van der Waals surface area contributed by atoms with Crippen LogP contribution in [0.2, 0.25) is 0 Å². The van der Waals surface area contributed by atoms with Crippen molar-refractivity contribution in [2.24, 2.45) is 11.8 Å². The van der Waals surface area contributed by atoms with Gasteiger partial charge in [0.2, 0.25) is 0 Å². The zero-order valence-electron chi connectivity index (χ0n) is 11.4. The molecule has 0 bridgehead atoms. The molecular weight excluding hydrogens is 208 g/mol. The lowest BCUT2D eigenvalue weighted by Crippen LogP contribution is -2.52. The zero-order valence-corrected chi connectivity index (χ0v) is 11.4. The van der Waals surface area contributed by atoms with Crippen molar-refractivity contribution < 1.29 is 0 Å². The quantitative estimate of drug-likeness (QED) is 0.693. The Balaban J connectivity index is 2.10. The van der Waals surface area contributed by atoms with Gasteiger partial charge in [0.15, 0.2) is 0 Å². The van der Waals surface area contributed by atoms with Gasteiger partial charge in [-0.25, -0.2) is 0 Å². The SMILES string of the molecule is CC1CCC(C#N)(N2CCCCCC2)CC1C. The Kier molecular flexibility index (Phi) is 4.09. The predicted octanol–water partition coefficient (Wildman–Crippen LogP) is 3.58. The number of nitriles is 1. The number of hydrogen-bond acceptors (Lipinski definition) is 2. The van der Waals surface area contributed by atoms with Crippen molar-refractivity contribution in [2.75, 3.05) is 13.1 Å². The monoisotopic (exact) mass is 234 g/mol. The Morgan fingerprint density at radius 2 is 1.71 bits per heavy atom. The van der Waals surface area contributed by atoms with Gasteiger partial charge in [-0.2, -0.15) is 5.26 Å². The summed E-state index contributed by atoms with van der Waals surface area (Å²) in [5, 5.41) is 9.70. The Labute approximate surface area is 106 Å². The smallest absolute Gasteiger partial charge is 0.109 e. The van der Waals surface area contributed by atoms with Gasteiger partial charge < -0.3 is 0 Å². The van der Waals surface area contributed by atoms with E-state index < -0.39 is 0 Å². The minimum Gasteiger partial charge on any atom is -0.286 e. The van der Waals surface area contributed by atoms with Crippen LogP contribution in [0.1, 0.15) is 58.8 Å². The minimum absolute atomic E-state index is 0.129. The topological polar surface area (TPSA) is 27.0 Å². The summed E-state index contributed by atoms with van der Waals surface area (Å²) in [5.41, 5.74) is -0.129. The molecule has 0 radical (unpaired) electrons. The van der Waals surface area contributed by atoms with Gasteiger partial charge in [0.1, 0.15) is 5.54 Å². The van der Waals surface area contributed by atoms with Crippen molar-refractivity contribution in [3.8, 4) is 6.07 Å².